The molecule has 1 heterocycles. The number of hydrogen-bond acceptors (Lipinski definition) is 2. The third kappa shape index (κ3) is 2.56. The van der Waals surface area contributed by atoms with Gasteiger partial charge in [0.2, 0.25) is 0 Å². The number of nitrogens with zero attached hydrogens (tertiary/aromatic N) is 2. The summed E-state index contributed by atoms with van der Waals surface area (Å²) < 4.78 is 2.19. The van der Waals surface area contributed by atoms with Gasteiger partial charge in [0.15, 0.2) is 0 Å². The zero-order valence-electron chi connectivity index (χ0n) is 10.6. The fraction of sp³-hybridized carbons (Fsp3) is 0.357. The molecule has 0 saturated heterocycles. The summed E-state index contributed by atoms with van der Waals surface area (Å²) in [4.78, 5) is 4.23. The molecule has 2 aromatic rings. The fourth-order valence-electron chi connectivity index (χ4n) is 1.94. The average Bonchev–Trinajstić information content (AvgIpc) is 2.79. The molecule has 3 heteroatoms. The van der Waals surface area contributed by atoms with Crippen molar-refractivity contribution in [3.8, 4) is 11.3 Å². The van der Waals surface area contributed by atoms with Crippen LogP contribution in [-0.2, 0) is 6.54 Å². The number of imidazole rings is 1. The maximum atomic E-state index is 4.23. The lowest BCUT2D eigenvalue weighted by Crippen LogP contribution is -2.05. The van der Waals surface area contributed by atoms with Gasteiger partial charge < -0.3 is 9.88 Å². The van der Waals surface area contributed by atoms with Crippen LogP contribution in [0.15, 0.2) is 36.8 Å². The Balaban J connectivity index is 2.30. The molecule has 0 fully saturated rings. The van der Waals surface area contributed by atoms with E-state index in [4.69, 9.17) is 0 Å². The van der Waals surface area contributed by atoms with E-state index in [0.29, 0.717) is 6.04 Å². The fourth-order valence-corrected chi connectivity index (χ4v) is 1.94. The summed E-state index contributed by atoms with van der Waals surface area (Å²) in [6.07, 6.45) is 3.81. The maximum absolute atomic E-state index is 4.23. The van der Waals surface area contributed by atoms with E-state index in [-0.39, 0.29) is 0 Å². The molecule has 0 unspecified atom stereocenters. The first-order valence-corrected chi connectivity index (χ1v) is 5.98. The van der Waals surface area contributed by atoms with Crippen molar-refractivity contribution in [3.05, 3.63) is 42.4 Å². The summed E-state index contributed by atoms with van der Waals surface area (Å²) in [7, 11) is 1.96. The highest BCUT2D eigenvalue weighted by Crippen LogP contribution is 2.22. The van der Waals surface area contributed by atoms with E-state index in [1.165, 1.54) is 16.8 Å². The second kappa shape index (κ2) is 5.15. The van der Waals surface area contributed by atoms with Gasteiger partial charge in [0.05, 0.1) is 18.2 Å². The van der Waals surface area contributed by atoms with Gasteiger partial charge in [-0.1, -0.05) is 24.3 Å². The summed E-state index contributed by atoms with van der Waals surface area (Å²) in [5.41, 5.74) is 3.69. The predicted octanol–water partition coefficient (Wildman–Crippen LogP) is 2.85. The third-order valence-corrected chi connectivity index (χ3v) is 2.85. The quantitative estimate of drug-likeness (QED) is 0.873. The van der Waals surface area contributed by atoms with Crippen molar-refractivity contribution in [3.63, 3.8) is 0 Å². The summed E-state index contributed by atoms with van der Waals surface area (Å²) in [5.74, 6) is 0. The number of nitrogens with one attached hydrogen (secondary N) is 1. The topological polar surface area (TPSA) is 29.9 Å². The Morgan fingerprint density at radius 2 is 1.94 bits per heavy atom. The molecular formula is C14H19N3. The monoisotopic (exact) mass is 229 g/mol. The summed E-state index contributed by atoms with van der Waals surface area (Å²) in [5, 5.41) is 3.15. The van der Waals surface area contributed by atoms with Gasteiger partial charge in [-0.25, -0.2) is 4.98 Å². The van der Waals surface area contributed by atoms with E-state index < -0.39 is 0 Å². The normalized spacial score (nSPS) is 11.1. The molecule has 0 amide bonds. The standard InChI is InChI=1S/C14H19N3/c1-11(2)17-10-16-9-14(17)13-6-4-12(5-7-13)8-15-3/h4-7,9-11,15H,8H2,1-3H3. The molecule has 0 spiro atoms. The minimum absolute atomic E-state index is 0.435. The highest BCUT2D eigenvalue weighted by molar-refractivity contribution is 5.59. The van der Waals surface area contributed by atoms with Crippen molar-refractivity contribution in [2.24, 2.45) is 0 Å². The smallest absolute Gasteiger partial charge is 0.0953 e. The largest absolute Gasteiger partial charge is 0.328 e. The lowest BCUT2D eigenvalue weighted by molar-refractivity contribution is 0.605. The molecule has 0 saturated carbocycles. The third-order valence-electron chi connectivity index (χ3n) is 2.85. The average molecular weight is 229 g/mol. The molecule has 0 atom stereocenters. The van der Waals surface area contributed by atoms with Crippen LogP contribution >= 0.6 is 0 Å². The van der Waals surface area contributed by atoms with Crippen molar-refractivity contribution >= 4 is 0 Å². The van der Waals surface area contributed by atoms with E-state index in [2.05, 4.69) is 53.0 Å². The molecule has 1 N–H and O–H groups in total. The summed E-state index contributed by atoms with van der Waals surface area (Å²) >= 11 is 0. The minimum atomic E-state index is 0.435. The van der Waals surface area contributed by atoms with Crippen LogP contribution in [0.4, 0.5) is 0 Å². The Hall–Kier alpha value is -1.61. The molecule has 0 bridgehead atoms. The first-order chi connectivity index (χ1) is 8.22. The zero-order valence-corrected chi connectivity index (χ0v) is 10.6. The highest BCUT2D eigenvalue weighted by atomic mass is 15.1. The van der Waals surface area contributed by atoms with E-state index in [0.717, 1.165) is 6.54 Å². The Kier molecular flexibility index (Phi) is 3.59. The first kappa shape index (κ1) is 11.9. The van der Waals surface area contributed by atoms with Gasteiger partial charge in [0.25, 0.3) is 0 Å². The minimum Gasteiger partial charge on any atom is -0.328 e. The molecule has 90 valence electrons. The lowest BCUT2D eigenvalue weighted by atomic mass is 10.1. The van der Waals surface area contributed by atoms with E-state index in [1.807, 2.05) is 19.6 Å². The number of benzene rings is 1. The van der Waals surface area contributed by atoms with Crippen LogP contribution in [0.25, 0.3) is 11.3 Å². The van der Waals surface area contributed by atoms with Crippen molar-refractivity contribution < 1.29 is 0 Å². The van der Waals surface area contributed by atoms with Gasteiger partial charge >= 0.3 is 0 Å². The maximum Gasteiger partial charge on any atom is 0.0953 e. The zero-order chi connectivity index (χ0) is 12.3. The second-order valence-electron chi connectivity index (χ2n) is 4.51. The Morgan fingerprint density at radius 1 is 1.24 bits per heavy atom. The molecule has 1 aromatic heterocycles. The number of aromatic nitrogens is 2. The number of hydrogen-bond donors (Lipinski definition) is 1. The summed E-state index contributed by atoms with van der Waals surface area (Å²) in [6.45, 7) is 5.24. The molecular weight excluding hydrogens is 210 g/mol. The van der Waals surface area contributed by atoms with E-state index in [9.17, 15) is 0 Å². The van der Waals surface area contributed by atoms with Crippen LogP contribution in [0.5, 0.6) is 0 Å². The van der Waals surface area contributed by atoms with Crippen LogP contribution in [-0.4, -0.2) is 16.6 Å². The van der Waals surface area contributed by atoms with Crippen LogP contribution in [0, 0.1) is 0 Å². The van der Waals surface area contributed by atoms with Crippen LogP contribution in [0.1, 0.15) is 25.5 Å². The second-order valence-corrected chi connectivity index (χ2v) is 4.51. The van der Waals surface area contributed by atoms with Crippen LogP contribution in [0.3, 0.4) is 0 Å². The van der Waals surface area contributed by atoms with Gasteiger partial charge in [-0.3, -0.25) is 0 Å². The van der Waals surface area contributed by atoms with Gasteiger partial charge in [0.1, 0.15) is 0 Å². The molecule has 2 rings (SSSR count). The summed E-state index contributed by atoms with van der Waals surface area (Å²) in [6, 6.07) is 9.06. The molecule has 0 aliphatic rings. The SMILES string of the molecule is CNCc1ccc(-c2cncn2C(C)C)cc1. The Labute approximate surface area is 103 Å². The lowest BCUT2D eigenvalue weighted by Gasteiger charge is -2.12. The van der Waals surface area contributed by atoms with Gasteiger partial charge in [0, 0.05) is 12.6 Å². The highest BCUT2D eigenvalue weighted by Gasteiger charge is 2.07. The van der Waals surface area contributed by atoms with Crippen molar-refractivity contribution in [1.82, 2.24) is 14.9 Å². The van der Waals surface area contributed by atoms with Gasteiger partial charge in [-0.05, 0) is 32.0 Å². The Morgan fingerprint density at radius 3 is 2.53 bits per heavy atom. The Bertz CT molecular complexity index is 468. The molecule has 17 heavy (non-hydrogen) atoms. The molecule has 0 aliphatic carbocycles. The molecule has 1 aromatic carbocycles. The predicted molar refractivity (Wildman–Crippen MR) is 70.8 cm³/mol. The van der Waals surface area contributed by atoms with Crippen molar-refractivity contribution in [2.45, 2.75) is 26.4 Å². The van der Waals surface area contributed by atoms with Gasteiger partial charge in [-0.15, -0.1) is 0 Å². The molecule has 0 aliphatic heterocycles. The molecule has 3 nitrogen and oxygen atoms in total. The van der Waals surface area contributed by atoms with Crippen molar-refractivity contribution in [2.75, 3.05) is 7.05 Å². The first-order valence-electron chi connectivity index (χ1n) is 5.98. The van der Waals surface area contributed by atoms with Crippen molar-refractivity contribution in [1.29, 1.82) is 0 Å². The number of rotatable bonds is 4. The van der Waals surface area contributed by atoms with E-state index >= 15 is 0 Å². The van der Waals surface area contributed by atoms with Crippen LogP contribution < -0.4 is 5.32 Å². The molecule has 0 radical (unpaired) electrons. The van der Waals surface area contributed by atoms with Crippen LogP contribution in [0.2, 0.25) is 0 Å². The van der Waals surface area contributed by atoms with E-state index in [1.54, 1.807) is 0 Å². The van der Waals surface area contributed by atoms with Gasteiger partial charge in [-0.2, -0.15) is 0 Å².